The van der Waals surface area contributed by atoms with Crippen molar-refractivity contribution in [2.45, 2.75) is 136 Å². The number of allylic oxidation sites excluding steroid dienone is 1. The third-order valence-corrected chi connectivity index (χ3v) is 17.6. The van der Waals surface area contributed by atoms with Gasteiger partial charge in [0.2, 0.25) is 0 Å². The number of carbonyl (C=O) groups is 1. The van der Waals surface area contributed by atoms with E-state index >= 15 is 0 Å². The number of unbranched alkanes of at least 4 members (excludes halogenated alkanes) is 1. The molecule has 0 amide bonds. The lowest BCUT2D eigenvalue weighted by Crippen LogP contribution is -2.45. The van der Waals surface area contributed by atoms with Crippen LogP contribution in [-0.2, 0) is 13.6 Å². The van der Waals surface area contributed by atoms with Crippen molar-refractivity contribution in [1.82, 2.24) is 0 Å². The number of rotatable bonds is 12. The summed E-state index contributed by atoms with van der Waals surface area (Å²) in [4.78, 5) is 12.9. The summed E-state index contributed by atoms with van der Waals surface area (Å²) in [5, 5.41) is 0.270. The van der Waals surface area contributed by atoms with Gasteiger partial charge in [0.15, 0.2) is 16.6 Å². The predicted molar refractivity (Wildman–Crippen MR) is 153 cm³/mol. The predicted octanol–water partition coefficient (Wildman–Crippen LogP) is 8.93. The molecule has 5 heteroatoms. The molecule has 34 heavy (non-hydrogen) atoms. The lowest BCUT2D eigenvalue weighted by atomic mass is 9.92. The second kappa shape index (κ2) is 12.2. The maximum atomic E-state index is 12.9. The van der Waals surface area contributed by atoms with Crippen LogP contribution in [0.25, 0.3) is 0 Å². The second-order valence-corrected chi connectivity index (χ2v) is 23.2. The van der Waals surface area contributed by atoms with Crippen LogP contribution in [0.1, 0.15) is 87.5 Å². The molecule has 0 aromatic heterocycles. The van der Waals surface area contributed by atoms with Gasteiger partial charge in [0.25, 0.3) is 0 Å². The first-order valence-corrected chi connectivity index (χ1v) is 19.4. The quantitative estimate of drug-likeness (QED) is 0.195. The van der Waals surface area contributed by atoms with Crippen LogP contribution in [0, 0.1) is 17.8 Å². The summed E-state index contributed by atoms with van der Waals surface area (Å²) in [7, 11) is -3.91. The summed E-state index contributed by atoms with van der Waals surface area (Å²) < 4.78 is 13.7. The van der Waals surface area contributed by atoms with E-state index in [1.165, 1.54) is 19.3 Å². The molecule has 0 aromatic rings. The summed E-state index contributed by atoms with van der Waals surface area (Å²) in [6.45, 7) is 31.5. The van der Waals surface area contributed by atoms with Gasteiger partial charge in [0.1, 0.15) is 5.78 Å². The largest absolute Gasteiger partial charge is 0.413 e. The highest BCUT2D eigenvalue weighted by atomic mass is 28.4. The molecule has 0 heterocycles. The number of carbonyl (C=O) groups excluding carboxylic acids is 1. The van der Waals surface area contributed by atoms with Crippen molar-refractivity contribution in [3.8, 4) is 0 Å². The van der Waals surface area contributed by atoms with Gasteiger partial charge in [-0.25, -0.2) is 0 Å². The van der Waals surface area contributed by atoms with Crippen LogP contribution in [-0.4, -0.2) is 34.6 Å². The van der Waals surface area contributed by atoms with Crippen LogP contribution in [0.5, 0.6) is 0 Å². The molecule has 5 unspecified atom stereocenters. The summed E-state index contributed by atoms with van der Waals surface area (Å²) >= 11 is 0. The van der Waals surface area contributed by atoms with Gasteiger partial charge in [-0.15, -0.1) is 6.58 Å². The van der Waals surface area contributed by atoms with Crippen LogP contribution < -0.4 is 0 Å². The van der Waals surface area contributed by atoms with Crippen molar-refractivity contribution in [2.75, 3.05) is 0 Å². The Bertz CT molecular complexity index is 697. The molecular formula is C29H56O3Si2. The molecule has 0 bridgehead atoms. The zero-order valence-corrected chi connectivity index (χ0v) is 26.6. The summed E-state index contributed by atoms with van der Waals surface area (Å²) in [5.41, 5.74) is 0. The first-order chi connectivity index (χ1) is 15.4. The van der Waals surface area contributed by atoms with E-state index in [1.54, 1.807) is 0 Å². The van der Waals surface area contributed by atoms with Gasteiger partial charge in [-0.1, -0.05) is 92.9 Å². The first kappa shape index (κ1) is 31.5. The summed E-state index contributed by atoms with van der Waals surface area (Å²) in [6.07, 6.45) is 11.6. The van der Waals surface area contributed by atoms with E-state index in [0.717, 1.165) is 6.42 Å². The monoisotopic (exact) mass is 508 g/mol. The SMILES string of the molecule is C=CC1C(=O)CC(O[Si](C)(C)C(C)(C)C)C1C=CC(CC(C)CCCC)O[Si](C)(C)C(C)(C)C. The van der Waals surface area contributed by atoms with Gasteiger partial charge in [-0.3, -0.25) is 4.79 Å². The van der Waals surface area contributed by atoms with Crippen LogP contribution in [0.4, 0.5) is 0 Å². The van der Waals surface area contributed by atoms with Gasteiger partial charge in [0, 0.05) is 18.3 Å². The smallest absolute Gasteiger partial charge is 0.192 e. The van der Waals surface area contributed by atoms with E-state index in [2.05, 4.69) is 100 Å². The number of hydrogen-bond acceptors (Lipinski definition) is 3. The molecule has 0 saturated heterocycles. The molecule has 1 aliphatic rings. The van der Waals surface area contributed by atoms with Crippen molar-refractivity contribution >= 4 is 22.4 Å². The average molecular weight is 509 g/mol. The highest BCUT2D eigenvalue weighted by Gasteiger charge is 2.46. The topological polar surface area (TPSA) is 35.5 Å². The van der Waals surface area contributed by atoms with Gasteiger partial charge in [-0.2, -0.15) is 0 Å². The van der Waals surface area contributed by atoms with E-state index in [0.29, 0.717) is 12.3 Å². The standard InChI is InChI=1S/C29H56O3Si2/c1-14-16-17-22(3)20-23(31-33(10,11)28(4,5)6)18-19-25-24(15-2)26(30)21-27(25)32-34(12,13)29(7,8)9/h15,18-19,22-25,27H,2,14,16-17,20-21H2,1,3-13H3. The molecule has 0 radical (unpaired) electrons. The molecule has 198 valence electrons. The van der Waals surface area contributed by atoms with Crippen LogP contribution in [0.15, 0.2) is 24.8 Å². The lowest BCUT2D eigenvalue weighted by Gasteiger charge is -2.40. The lowest BCUT2D eigenvalue weighted by molar-refractivity contribution is -0.119. The fourth-order valence-electron chi connectivity index (χ4n) is 4.16. The van der Waals surface area contributed by atoms with E-state index in [9.17, 15) is 4.79 Å². The molecule has 3 nitrogen and oxygen atoms in total. The van der Waals surface area contributed by atoms with E-state index < -0.39 is 16.6 Å². The van der Waals surface area contributed by atoms with Gasteiger partial charge in [-0.05, 0) is 48.6 Å². The molecular weight excluding hydrogens is 452 g/mol. The van der Waals surface area contributed by atoms with Gasteiger partial charge in [0.05, 0.1) is 12.2 Å². The Hall–Kier alpha value is -0.496. The van der Waals surface area contributed by atoms with Crippen molar-refractivity contribution in [3.63, 3.8) is 0 Å². The molecule has 0 N–H and O–H groups in total. The average Bonchev–Trinajstić information content (AvgIpc) is 2.95. The third-order valence-electron chi connectivity index (χ3n) is 8.61. The van der Waals surface area contributed by atoms with Crippen molar-refractivity contribution in [1.29, 1.82) is 0 Å². The number of hydrogen-bond donors (Lipinski definition) is 0. The molecule has 1 rings (SSSR count). The van der Waals surface area contributed by atoms with E-state index in [-0.39, 0.29) is 39.9 Å². The maximum Gasteiger partial charge on any atom is 0.192 e. The normalized spacial score (nSPS) is 24.6. The summed E-state index contributed by atoms with van der Waals surface area (Å²) in [5.74, 6) is 0.734. The zero-order valence-electron chi connectivity index (χ0n) is 24.6. The summed E-state index contributed by atoms with van der Waals surface area (Å²) in [6, 6.07) is 0. The van der Waals surface area contributed by atoms with Gasteiger partial charge >= 0.3 is 0 Å². The minimum Gasteiger partial charge on any atom is -0.413 e. The van der Waals surface area contributed by atoms with Crippen molar-refractivity contribution in [3.05, 3.63) is 24.8 Å². The molecule has 1 saturated carbocycles. The Morgan fingerprint density at radius 3 is 2.09 bits per heavy atom. The molecule has 0 spiro atoms. The Balaban J connectivity index is 3.22. The number of Topliss-reactive ketones (excluding diaryl/α,β-unsaturated/α-hetero) is 1. The van der Waals surface area contributed by atoms with Gasteiger partial charge < -0.3 is 8.85 Å². The zero-order chi connectivity index (χ0) is 26.5. The minimum absolute atomic E-state index is 0.0376. The first-order valence-electron chi connectivity index (χ1n) is 13.6. The Kier molecular flexibility index (Phi) is 11.3. The third kappa shape index (κ3) is 8.56. The Morgan fingerprint density at radius 1 is 1.06 bits per heavy atom. The molecule has 5 atom stereocenters. The Labute approximate surface area is 214 Å². The Morgan fingerprint density at radius 2 is 1.62 bits per heavy atom. The highest BCUT2D eigenvalue weighted by molar-refractivity contribution is 6.74. The van der Waals surface area contributed by atoms with Crippen LogP contribution >= 0.6 is 0 Å². The van der Waals surface area contributed by atoms with E-state index in [4.69, 9.17) is 8.85 Å². The highest BCUT2D eigenvalue weighted by Crippen LogP contribution is 2.43. The second-order valence-electron chi connectivity index (χ2n) is 13.7. The maximum absolute atomic E-state index is 12.9. The fraction of sp³-hybridized carbons (Fsp3) is 0.828. The fourth-order valence-corrected chi connectivity index (χ4v) is 6.80. The molecule has 1 aliphatic carbocycles. The van der Waals surface area contributed by atoms with Crippen LogP contribution in [0.3, 0.4) is 0 Å². The molecule has 0 aromatic carbocycles. The number of ketones is 1. The van der Waals surface area contributed by atoms with Crippen LogP contribution in [0.2, 0.25) is 36.3 Å². The van der Waals surface area contributed by atoms with Crippen molar-refractivity contribution in [2.24, 2.45) is 17.8 Å². The molecule has 0 aliphatic heterocycles. The van der Waals surface area contributed by atoms with Crippen molar-refractivity contribution < 1.29 is 13.6 Å². The minimum atomic E-state index is -1.99. The van der Waals surface area contributed by atoms with E-state index in [1.807, 2.05) is 6.08 Å². The molecule has 1 fully saturated rings.